The standard InChI is InChI=1S/C14H13ClN2O2/c1-2-13-16-11(8-12(15)17-13)14(18)19-9-10-6-4-3-5-7-10/h3-8H,2,9H2,1H3. The van der Waals surface area contributed by atoms with E-state index >= 15 is 0 Å². The van der Waals surface area contributed by atoms with Crippen LogP contribution in [0.4, 0.5) is 0 Å². The minimum atomic E-state index is -0.497. The molecule has 0 radical (unpaired) electrons. The van der Waals surface area contributed by atoms with Crippen LogP contribution in [0.25, 0.3) is 0 Å². The van der Waals surface area contributed by atoms with Crippen molar-refractivity contribution in [3.05, 3.63) is 58.6 Å². The molecule has 0 unspecified atom stereocenters. The number of nitrogens with zero attached hydrogens (tertiary/aromatic N) is 2. The van der Waals surface area contributed by atoms with Crippen molar-refractivity contribution in [3.63, 3.8) is 0 Å². The predicted octanol–water partition coefficient (Wildman–Crippen LogP) is 3.05. The monoisotopic (exact) mass is 276 g/mol. The maximum atomic E-state index is 11.9. The predicted molar refractivity (Wildman–Crippen MR) is 72.0 cm³/mol. The van der Waals surface area contributed by atoms with Gasteiger partial charge < -0.3 is 4.74 Å². The first-order valence-electron chi connectivity index (χ1n) is 5.93. The molecule has 0 spiro atoms. The molecule has 0 N–H and O–H groups in total. The van der Waals surface area contributed by atoms with Crippen LogP contribution in [0, 0.1) is 0 Å². The fourth-order valence-corrected chi connectivity index (χ4v) is 1.73. The fourth-order valence-electron chi connectivity index (χ4n) is 1.52. The van der Waals surface area contributed by atoms with Crippen LogP contribution >= 0.6 is 11.6 Å². The van der Waals surface area contributed by atoms with Gasteiger partial charge in [-0.05, 0) is 5.56 Å². The smallest absolute Gasteiger partial charge is 0.357 e. The lowest BCUT2D eigenvalue weighted by molar-refractivity contribution is 0.0465. The molecule has 0 saturated carbocycles. The number of rotatable bonds is 4. The number of aromatic nitrogens is 2. The van der Waals surface area contributed by atoms with Crippen LogP contribution in [0.5, 0.6) is 0 Å². The van der Waals surface area contributed by atoms with Crippen LogP contribution in [0.3, 0.4) is 0 Å². The van der Waals surface area contributed by atoms with Crippen molar-refractivity contribution < 1.29 is 9.53 Å². The Morgan fingerprint density at radius 1 is 1.26 bits per heavy atom. The number of esters is 1. The van der Waals surface area contributed by atoms with E-state index in [-0.39, 0.29) is 17.5 Å². The molecule has 0 bridgehead atoms. The third-order valence-electron chi connectivity index (χ3n) is 2.48. The highest BCUT2D eigenvalue weighted by Crippen LogP contribution is 2.10. The summed E-state index contributed by atoms with van der Waals surface area (Å²) in [4.78, 5) is 20.0. The summed E-state index contributed by atoms with van der Waals surface area (Å²) in [6.07, 6.45) is 0.611. The Labute approximate surface area is 116 Å². The Kier molecular flexibility index (Phi) is 4.47. The lowest BCUT2D eigenvalue weighted by atomic mass is 10.2. The summed E-state index contributed by atoms with van der Waals surface area (Å²) in [6, 6.07) is 10.9. The minimum absolute atomic E-state index is 0.188. The highest BCUT2D eigenvalue weighted by atomic mass is 35.5. The summed E-state index contributed by atoms with van der Waals surface area (Å²) in [5, 5.41) is 0.249. The summed E-state index contributed by atoms with van der Waals surface area (Å²) < 4.78 is 5.18. The second-order valence-electron chi connectivity index (χ2n) is 3.91. The largest absolute Gasteiger partial charge is 0.456 e. The van der Waals surface area contributed by atoms with Crippen LogP contribution in [0.2, 0.25) is 5.15 Å². The number of aryl methyl sites for hydroxylation is 1. The molecule has 19 heavy (non-hydrogen) atoms. The van der Waals surface area contributed by atoms with E-state index in [0.717, 1.165) is 5.56 Å². The molecule has 1 aromatic heterocycles. The SMILES string of the molecule is CCc1nc(Cl)cc(C(=O)OCc2ccccc2)n1. The molecule has 2 aromatic rings. The molecular formula is C14H13ClN2O2. The van der Waals surface area contributed by atoms with Crippen LogP contribution < -0.4 is 0 Å². The van der Waals surface area contributed by atoms with E-state index in [2.05, 4.69) is 9.97 Å². The van der Waals surface area contributed by atoms with Crippen molar-refractivity contribution >= 4 is 17.6 Å². The Balaban J connectivity index is 2.06. The molecule has 0 atom stereocenters. The zero-order valence-corrected chi connectivity index (χ0v) is 11.2. The lowest BCUT2D eigenvalue weighted by Gasteiger charge is -2.05. The van der Waals surface area contributed by atoms with E-state index in [1.165, 1.54) is 6.07 Å². The molecule has 5 heteroatoms. The highest BCUT2D eigenvalue weighted by Gasteiger charge is 2.12. The molecule has 1 heterocycles. The third kappa shape index (κ3) is 3.76. The van der Waals surface area contributed by atoms with Crippen LogP contribution in [0.15, 0.2) is 36.4 Å². The van der Waals surface area contributed by atoms with Crippen LogP contribution in [-0.2, 0) is 17.8 Å². The number of carbonyl (C=O) groups is 1. The molecule has 0 saturated heterocycles. The first kappa shape index (κ1) is 13.5. The molecule has 2 rings (SSSR count). The Hall–Kier alpha value is -1.94. The Morgan fingerprint density at radius 3 is 2.68 bits per heavy atom. The molecule has 0 aliphatic rings. The van der Waals surface area contributed by atoms with Gasteiger partial charge in [-0.1, -0.05) is 48.9 Å². The number of ether oxygens (including phenoxy) is 1. The van der Waals surface area contributed by atoms with E-state index in [9.17, 15) is 4.79 Å². The number of halogens is 1. The zero-order valence-electron chi connectivity index (χ0n) is 10.5. The van der Waals surface area contributed by atoms with Crippen molar-refractivity contribution in [2.24, 2.45) is 0 Å². The van der Waals surface area contributed by atoms with Gasteiger partial charge in [0.05, 0.1) is 0 Å². The molecule has 0 aliphatic carbocycles. The van der Waals surface area contributed by atoms with E-state index < -0.39 is 5.97 Å². The Bertz CT molecular complexity index is 573. The molecule has 1 aromatic carbocycles. The Morgan fingerprint density at radius 2 is 2.00 bits per heavy atom. The fraction of sp³-hybridized carbons (Fsp3) is 0.214. The maximum absolute atomic E-state index is 11.9. The maximum Gasteiger partial charge on any atom is 0.357 e. The second-order valence-corrected chi connectivity index (χ2v) is 4.29. The zero-order chi connectivity index (χ0) is 13.7. The van der Waals surface area contributed by atoms with Gasteiger partial charge in [-0.3, -0.25) is 0 Å². The number of hydrogen-bond donors (Lipinski definition) is 0. The van der Waals surface area contributed by atoms with Crippen LogP contribution in [0.1, 0.15) is 28.8 Å². The average molecular weight is 277 g/mol. The van der Waals surface area contributed by atoms with E-state index in [1.54, 1.807) is 0 Å². The van der Waals surface area contributed by atoms with E-state index in [4.69, 9.17) is 16.3 Å². The van der Waals surface area contributed by atoms with Gasteiger partial charge in [0.2, 0.25) is 0 Å². The molecular weight excluding hydrogens is 264 g/mol. The van der Waals surface area contributed by atoms with Crippen LogP contribution in [-0.4, -0.2) is 15.9 Å². The highest BCUT2D eigenvalue weighted by molar-refractivity contribution is 6.29. The van der Waals surface area contributed by atoms with Gasteiger partial charge in [0.1, 0.15) is 17.6 Å². The summed E-state index contributed by atoms with van der Waals surface area (Å²) in [7, 11) is 0. The number of carbonyl (C=O) groups excluding carboxylic acids is 1. The quantitative estimate of drug-likeness (QED) is 0.636. The van der Waals surface area contributed by atoms with Crippen molar-refractivity contribution in [1.29, 1.82) is 0 Å². The minimum Gasteiger partial charge on any atom is -0.456 e. The summed E-state index contributed by atoms with van der Waals surface area (Å²) in [5.74, 6) is 0.0296. The van der Waals surface area contributed by atoms with Gasteiger partial charge in [0.25, 0.3) is 0 Å². The molecule has 0 aliphatic heterocycles. The molecule has 98 valence electrons. The van der Waals surface area contributed by atoms with Crippen molar-refractivity contribution in [1.82, 2.24) is 9.97 Å². The average Bonchev–Trinajstić information content (AvgIpc) is 2.45. The molecule has 0 amide bonds. The molecule has 4 nitrogen and oxygen atoms in total. The van der Waals surface area contributed by atoms with Gasteiger partial charge in [-0.25, -0.2) is 14.8 Å². The van der Waals surface area contributed by atoms with Crippen molar-refractivity contribution in [3.8, 4) is 0 Å². The van der Waals surface area contributed by atoms with Gasteiger partial charge in [0.15, 0.2) is 5.69 Å². The van der Waals surface area contributed by atoms with E-state index in [0.29, 0.717) is 12.2 Å². The van der Waals surface area contributed by atoms with Crippen molar-refractivity contribution in [2.45, 2.75) is 20.0 Å². The van der Waals surface area contributed by atoms with E-state index in [1.807, 2.05) is 37.3 Å². The first-order valence-corrected chi connectivity index (χ1v) is 6.31. The lowest BCUT2D eigenvalue weighted by Crippen LogP contribution is -2.10. The third-order valence-corrected chi connectivity index (χ3v) is 2.67. The number of benzene rings is 1. The van der Waals surface area contributed by atoms with Gasteiger partial charge >= 0.3 is 5.97 Å². The van der Waals surface area contributed by atoms with Gasteiger partial charge in [-0.2, -0.15) is 0 Å². The second kappa shape index (κ2) is 6.29. The van der Waals surface area contributed by atoms with Gasteiger partial charge in [0, 0.05) is 12.5 Å². The van der Waals surface area contributed by atoms with Gasteiger partial charge in [-0.15, -0.1) is 0 Å². The summed E-state index contributed by atoms with van der Waals surface area (Å²) in [5.41, 5.74) is 1.11. The first-order chi connectivity index (χ1) is 9.19. The molecule has 0 fully saturated rings. The van der Waals surface area contributed by atoms with Crippen molar-refractivity contribution in [2.75, 3.05) is 0 Å². The topological polar surface area (TPSA) is 52.1 Å². The summed E-state index contributed by atoms with van der Waals surface area (Å²) >= 11 is 5.83. The normalized spacial score (nSPS) is 10.2. The summed E-state index contributed by atoms with van der Waals surface area (Å²) in [6.45, 7) is 2.10. The number of hydrogen-bond acceptors (Lipinski definition) is 4.